The molecule has 0 aliphatic carbocycles. The highest BCUT2D eigenvalue weighted by Crippen LogP contribution is 2.45. The van der Waals surface area contributed by atoms with E-state index in [4.69, 9.17) is 28.4 Å². The van der Waals surface area contributed by atoms with E-state index in [0.717, 1.165) is 0 Å². The van der Waals surface area contributed by atoms with Gasteiger partial charge in [0, 0.05) is 11.6 Å². The molecule has 4 N–H and O–H groups in total. The average molecular weight is 429 g/mol. The Hall–Kier alpha value is -3.04. The number of ether oxygens (including phenoxy) is 6. The molecule has 0 heterocycles. The lowest BCUT2D eigenvalue weighted by Crippen LogP contribution is -3.00. The van der Waals surface area contributed by atoms with E-state index in [1.807, 2.05) is 0 Å². The van der Waals surface area contributed by atoms with Crippen LogP contribution in [0.15, 0.2) is 18.2 Å². The van der Waals surface area contributed by atoms with E-state index >= 15 is 0 Å². The summed E-state index contributed by atoms with van der Waals surface area (Å²) in [6.07, 6.45) is 0. The lowest BCUT2D eigenvalue weighted by atomic mass is 10.1. The van der Waals surface area contributed by atoms with E-state index in [9.17, 15) is 4.79 Å². The van der Waals surface area contributed by atoms with Crippen molar-refractivity contribution >= 4 is 17.3 Å². The van der Waals surface area contributed by atoms with Crippen LogP contribution in [0.2, 0.25) is 0 Å². The molecule has 2 aromatic carbocycles. The monoisotopic (exact) mass is 428 g/mol. The third-order valence-electron chi connectivity index (χ3n) is 4.11. The Balaban J connectivity index is 0.00000420. The molecule has 1 amide bonds. The molecule has 0 atom stereocenters. The van der Waals surface area contributed by atoms with Gasteiger partial charge in [0.15, 0.2) is 22.9 Å². The topological polar surface area (TPSA) is 112 Å². The largest absolute Gasteiger partial charge is 1.00 e. The van der Waals surface area contributed by atoms with Gasteiger partial charge in [-0.25, -0.2) is 0 Å². The van der Waals surface area contributed by atoms with E-state index in [-0.39, 0.29) is 12.4 Å². The molecule has 0 unspecified atom stereocenters. The summed E-state index contributed by atoms with van der Waals surface area (Å²) in [5, 5.41) is 2.80. The summed E-state index contributed by atoms with van der Waals surface area (Å²) in [7, 11) is 8.92. The van der Waals surface area contributed by atoms with Gasteiger partial charge in [0.05, 0.1) is 42.7 Å². The number of carbonyl (C=O) groups excluding carboxylic acids is 1. The third-order valence-corrected chi connectivity index (χ3v) is 4.11. The van der Waals surface area contributed by atoms with Crippen LogP contribution in [0.1, 0.15) is 10.4 Å². The Kier molecular flexibility index (Phi) is 8.68. The first kappa shape index (κ1) is 24.0. The number of nitrogens with one attached hydrogen (secondary N) is 1. The van der Waals surface area contributed by atoms with Crippen LogP contribution in [0.3, 0.4) is 0 Å². The average Bonchev–Trinajstić information content (AvgIpc) is 2.73. The van der Waals surface area contributed by atoms with Gasteiger partial charge in [0.2, 0.25) is 17.2 Å². The first-order valence-electron chi connectivity index (χ1n) is 8.21. The van der Waals surface area contributed by atoms with Gasteiger partial charge >= 0.3 is 0 Å². The van der Waals surface area contributed by atoms with Gasteiger partial charge in [-0.3, -0.25) is 4.79 Å². The van der Waals surface area contributed by atoms with Crippen molar-refractivity contribution in [3.63, 3.8) is 0 Å². The summed E-state index contributed by atoms with van der Waals surface area (Å²) < 4.78 is 31.9. The normalized spacial score (nSPS) is 9.76. The second kappa shape index (κ2) is 10.5. The van der Waals surface area contributed by atoms with Gasteiger partial charge in [-0.2, -0.15) is 0 Å². The van der Waals surface area contributed by atoms with Crippen molar-refractivity contribution in [2.45, 2.75) is 0 Å². The minimum absolute atomic E-state index is 0. The molecular weight excluding hydrogens is 404 g/mol. The van der Waals surface area contributed by atoms with Crippen LogP contribution in [0.4, 0.5) is 11.4 Å². The molecule has 0 fully saturated rings. The summed E-state index contributed by atoms with van der Waals surface area (Å²) >= 11 is 0. The van der Waals surface area contributed by atoms with Crippen LogP contribution in [0.5, 0.6) is 34.5 Å². The Morgan fingerprint density at radius 3 is 1.59 bits per heavy atom. The Labute approximate surface area is 175 Å². The third kappa shape index (κ3) is 4.69. The summed E-state index contributed by atoms with van der Waals surface area (Å²) in [5.41, 5.74) is 5.14. The van der Waals surface area contributed by atoms with Crippen LogP contribution in [-0.2, 0) is 0 Å². The highest BCUT2D eigenvalue weighted by molar-refractivity contribution is 6.06. The van der Waals surface area contributed by atoms with Gasteiger partial charge in [-0.05, 0) is 12.1 Å². The summed E-state index contributed by atoms with van der Waals surface area (Å²) in [6, 6.07) is 4.72. The molecule has 10 heteroatoms. The minimum atomic E-state index is -0.404. The first-order chi connectivity index (χ1) is 13.4. The number of hydrogen-bond donors (Lipinski definition) is 2. The van der Waals surface area contributed by atoms with Crippen molar-refractivity contribution in [3.05, 3.63) is 23.8 Å². The van der Waals surface area contributed by atoms with Gasteiger partial charge in [-0.1, -0.05) is 0 Å². The molecule has 0 aliphatic rings. The molecule has 29 heavy (non-hydrogen) atoms. The quantitative estimate of drug-likeness (QED) is 0.547. The minimum Gasteiger partial charge on any atom is -1.00 e. The zero-order chi connectivity index (χ0) is 20.8. The Morgan fingerprint density at radius 1 is 0.724 bits per heavy atom. The van der Waals surface area contributed by atoms with Crippen LogP contribution in [0, 0.1) is 0 Å². The highest BCUT2D eigenvalue weighted by Gasteiger charge is 2.24. The predicted octanol–water partition coefficient (Wildman–Crippen LogP) is -1.13. The second-order valence-corrected chi connectivity index (χ2v) is 5.54. The molecule has 0 saturated heterocycles. The molecule has 0 saturated carbocycles. The van der Waals surface area contributed by atoms with Crippen molar-refractivity contribution in [2.75, 3.05) is 48.0 Å². The zero-order valence-electron chi connectivity index (χ0n) is 17.2. The summed E-state index contributed by atoms with van der Waals surface area (Å²) in [4.78, 5) is 12.9. The van der Waals surface area contributed by atoms with Crippen molar-refractivity contribution < 1.29 is 51.4 Å². The summed E-state index contributed by atoms with van der Waals surface area (Å²) in [5.74, 6) is 1.87. The van der Waals surface area contributed by atoms with Crippen LogP contribution in [-0.4, -0.2) is 48.6 Å². The van der Waals surface area contributed by atoms with E-state index in [1.54, 1.807) is 18.2 Å². The number of rotatable bonds is 8. The molecule has 9 nitrogen and oxygen atoms in total. The SMILES string of the molecule is COc1cc(C(=O)Nc2cc(OC)c(OC)c(OC)c2[NH3+])cc(OC)c1OC.[Cl-]. The smallest absolute Gasteiger partial charge is 0.256 e. The standard InChI is InChI=1S/C19H24N2O7.ClH/c1-23-12-7-10(8-13(24-2)16(12)26-4)19(22)21-11-9-14(25-3)17(27-5)18(28-6)15(11)20;/h7-9H,20H2,1-6H3,(H,21,22);1H. The molecule has 0 radical (unpaired) electrons. The van der Waals surface area contributed by atoms with Crippen molar-refractivity contribution in [2.24, 2.45) is 0 Å². The number of amides is 1. The molecule has 0 spiro atoms. The second-order valence-electron chi connectivity index (χ2n) is 5.54. The molecule has 0 aromatic heterocycles. The molecule has 2 rings (SSSR count). The lowest BCUT2D eigenvalue weighted by molar-refractivity contribution is -0.255. The molecule has 2 aromatic rings. The maximum atomic E-state index is 12.9. The van der Waals surface area contributed by atoms with Crippen molar-refractivity contribution in [1.29, 1.82) is 0 Å². The maximum absolute atomic E-state index is 12.9. The number of methoxy groups -OCH3 is 6. The van der Waals surface area contributed by atoms with Crippen LogP contribution >= 0.6 is 0 Å². The number of quaternary nitrogens is 1. The van der Waals surface area contributed by atoms with Gasteiger partial charge in [-0.15, -0.1) is 0 Å². The highest BCUT2D eigenvalue weighted by atomic mass is 35.5. The number of anilines is 1. The van der Waals surface area contributed by atoms with Crippen LogP contribution < -0.4 is 51.9 Å². The fourth-order valence-corrected chi connectivity index (χ4v) is 2.73. The maximum Gasteiger partial charge on any atom is 0.256 e. The Bertz CT molecular complexity index is 849. The number of carbonyl (C=O) groups is 1. The summed E-state index contributed by atoms with van der Waals surface area (Å²) in [6.45, 7) is 0. The van der Waals surface area contributed by atoms with E-state index in [1.165, 1.54) is 42.7 Å². The molecule has 0 bridgehead atoms. The Morgan fingerprint density at radius 2 is 1.17 bits per heavy atom. The number of hydrogen-bond acceptors (Lipinski definition) is 7. The molecular formula is C19H25ClN2O7. The molecule has 160 valence electrons. The van der Waals surface area contributed by atoms with Crippen LogP contribution in [0.25, 0.3) is 0 Å². The van der Waals surface area contributed by atoms with E-state index in [0.29, 0.717) is 51.4 Å². The fourth-order valence-electron chi connectivity index (χ4n) is 2.73. The van der Waals surface area contributed by atoms with E-state index in [2.05, 4.69) is 11.1 Å². The van der Waals surface area contributed by atoms with E-state index < -0.39 is 5.91 Å². The van der Waals surface area contributed by atoms with Gasteiger partial charge < -0.3 is 51.9 Å². The molecule has 0 aliphatic heterocycles. The number of halogens is 1. The van der Waals surface area contributed by atoms with Gasteiger partial charge in [0.1, 0.15) is 5.69 Å². The predicted molar refractivity (Wildman–Crippen MR) is 103 cm³/mol. The van der Waals surface area contributed by atoms with Gasteiger partial charge in [0.25, 0.3) is 5.91 Å². The van der Waals surface area contributed by atoms with Crippen molar-refractivity contribution in [3.8, 4) is 34.5 Å². The first-order valence-corrected chi connectivity index (χ1v) is 8.21. The van der Waals surface area contributed by atoms with Crippen molar-refractivity contribution in [1.82, 2.24) is 0 Å². The number of benzene rings is 2. The zero-order valence-corrected chi connectivity index (χ0v) is 17.9. The lowest BCUT2D eigenvalue weighted by Gasteiger charge is -2.16. The fraction of sp³-hybridized carbons (Fsp3) is 0.316.